The average molecular weight is 404 g/mol. The quantitative estimate of drug-likeness (QED) is 0.646. The Balaban J connectivity index is 1.45. The number of likely N-dealkylation sites (N-methyl/N-ethyl adjacent to an activating group) is 1. The molecule has 0 aliphatic carbocycles. The van der Waals surface area contributed by atoms with Gasteiger partial charge < -0.3 is 20.0 Å². The molecule has 2 N–H and O–H groups in total. The standard InChI is InChI=1S/C23H24N4O3/c1-14-11-24-18-10-16(12-25-22(18)26-23(14)29)8-9-21(28)27(3)13-20-15(2)17-6-4-5-7-19(17)30-20/h4-10,12,14,24H,11,13H2,1-3H3,(H,25,26,29)/b9-8+/t14-/m1/s1. The van der Waals surface area contributed by atoms with Gasteiger partial charge in [0.25, 0.3) is 0 Å². The number of benzene rings is 1. The monoisotopic (exact) mass is 404 g/mol. The molecule has 2 amide bonds. The highest BCUT2D eigenvalue weighted by Gasteiger charge is 2.20. The highest BCUT2D eigenvalue weighted by molar-refractivity contribution is 5.96. The van der Waals surface area contributed by atoms with Crippen LogP contribution in [0.5, 0.6) is 0 Å². The Morgan fingerprint density at radius 3 is 2.97 bits per heavy atom. The minimum Gasteiger partial charge on any atom is -0.459 e. The van der Waals surface area contributed by atoms with Gasteiger partial charge in [-0.05, 0) is 30.7 Å². The van der Waals surface area contributed by atoms with Crippen LogP contribution in [0.2, 0.25) is 0 Å². The molecule has 0 fully saturated rings. The third-order valence-electron chi connectivity index (χ3n) is 5.31. The van der Waals surface area contributed by atoms with E-state index >= 15 is 0 Å². The summed E-state index contributed by atoms with van der Waals surface area (Å²) in [5.41, 5.74) is 3.39. The van der Waals surface area contributed by atoms with Crippen LogP contribution in [0.4, 0.5) is 11.5 Å². The molecule has 3 heterocycles. The first-order valence-corrected chi connectivity index (χ1v) is 9.87. The molecule has 4 rings (SSSR count). The summed E-state index contributed by atoms with van der Waals surface area (Å²) in [5, 5.41) is 7.09. The van der Waals surface area contributed by atoms with E-state index in [1.807, 2.05) is 44.2 Å². The number of hydrogen-bond donors (Lipinski definition) is 2. The molecule has 0 spiro atoms. The Morgan fingerprint density at radius 1 is 1.37 bits per heavy atom. The maximum atomic E-state index is 12.6. The number of anilines is 2. The lowest BCUT2D eigenvalue weighted by atomic mass is 10.1. The number of carbonyl (C=O) groups excluding carboxylic acids is 2. The summed E-state index contributed by atoms with van der Waals surface area (Å²) in [6.45, 7) is 4.78. The molecule has 0 saturated carbocycles. The molecule has 1 atom stereocenters. The van der Waals surface area contributed by atoms with E-state index in [1.165, 1.54) is 6.08 Å². The lowest BCUT2D eigenvalue weighted by Gasteiger charge is -2.14. The van der Waals surface area contributed by atoms with Crippen molar-refractivity contribution in [1.29, 1.82) is 0 Å². The highest BCUT2D eigenvalue weighted by atomic mass is 16.3. The van der Waals surface area contributed by atoms with Gasteiger partial charge in [-0.2, -0.15) is 0 Å². The van der Waals surface area contributed by atoms with Crippen molar-refractivity contribution >= 4 is 40.4 Å². The van der Waals surface area contributed by atoms with Crippen LogP contribution in [-0.2, 0) is 16.1 Å². The molecule has 0 radical (unpaired) electrons. The molecular formula is C23H24N4O3. The maximum Gasteiger partial charge on any atom is 0.246 e. The van der Waals surface area contributed by atoms with Crippen LogP contribution < -0.4 is 10.6 Å². The van der Waals surface area contributed by atoms with Gasteiger partial charge in [0, 0.05) is 36.8 Å². The molecule has 7 nitrogen and oxygen atoms in total. The van der Waals surface area contributed by atoms with E-state index in [4.69, 9.17) is 4.42 Å². The largest absolute Gasteiger partial charge is 0.459 e. The lowest BCUT2D eigenvalue weighted by molar-refractivity contribution is -0.125. The second-order valence-corrected chi connectivity index (χ2v) is 7.61. The van der Waals surface area contributed by atoms with Crippen LogP contribution in [0.1, 0.15) is 23.8 Å². The third-order valence-corrected chi connectivity index (χ3v) is 5.31. The smallest absolute Gasteiger partial charge is 0.246 e. The number of nitrogens with one attached hydrogen (secondary N) is 2. The Kier molecular flexibility index (Phi) is 5.27. The number of hydrogen-bond acceptors (Lipinski definition) is 5. The molecule has 0 saturated heterocycles. The molecule has 154 valence electrons. The van der Waals surface area contributed by atoms with Crippen LogP contribution in [0.15, 0.2) is 47.0 Å². The van der Waals surface area contributed by atoms with E-state index in [-0.39, 0.29) is 17.7 Å². The minimum absolute atomic E-state index is 0.0604. The van der Waals surface area contributed by atoms with Crippen molar-refractivity contribution in [2.45, 2.75) is 20.4 Å². The Hall–Kier alpha value is -3.61. The number of aromatic nitrogens is 1. The number of para-hydroxylation sites is 1. The van der Waals surface area contributed by atoms with Crippen LogP contribution in [0, 0.1) is 12.8 Å². The second kappa shape index (κ2) is 8.02. The van der Waals surface area contributed by atoms with Gasteiger partial charge >= 0.3 is 0 Å². The van der Waals surface area contributed by atoms with Crippen molar-refractivity contribution in [1.82, 2.24) is 9.88 Å². The van der Waals surface area contributed by atoms with Gasteiger partial charge in [-0.25, -0.2) is 4.98 Å². The summed E-state index contributed by atoms with van der Waals surface area (Å²) in [6, 6.07) is 9.72. The molecular weight excluding hydrogens is 380 g/mol. The number of amides is 2. The summed E-state index contributed by atoms with van der Waals surface area (Å²) in [7, 11) is 1.74. The Bertz CT molecular complexity index is 1150. The molecule has 0 unspecified atom stereocenters. The van der Waals surface area contributed by atoms with E-state index in [9.17, 15) is 9.59 Å². The van der Waals surface area contributed by atoms with Gasteiger partial charge in [-0.1, -0.05) is 25.1 Å². The van der Waals surface area contributed by atoms with Gasteiger partial charge in [0.15, 0.2) is 5.82 Å². The first-order valence-electron chi connectivity index (χ1n) is 9.87. The van der Waals surface area contributed by atoms with Crippen LogP contribution >= 0.6 is 0 Å². The summed E-state index contributed by atoms with van der Waals surface area (Å²) in [6.07, 6.45) is 4.86. The fraction of sp³-hybridized carbons (Fsp3) is 0.261. The first-order chi connectivity index (χ1) is 14.4. The van der Waals surface area contributed by atoms with E-state index in [1.54, 1.807) is 24.2 Å². The number of furan rings is 1. The number of rotatable bonds is 4. The fourth-order valence-corrected chi connectivity index (χ4v) is 3.37. The van der Waals surface area contributed by atoms with Gasteiger partial charge in [0.1, 0.15) is 11.3 Å². The minimum atomic E-state index is -0.143. The van der Waals surface area contributed by atoms with Crippen molar-refractivity contribution in [3.8, 4) is 0 Å². The fourth-order valence-electron chi connectivity index (χ4n) is 3.37. The highest BCUT2D eigenvalue weighted by Crippen LogP contribution is 2.26. The first kappa shape index (κ1) is 19.7. The molecule has 3 aromatic rings. The van der Waals surface area contributed by atoms with E-state index in [2.05, 4.69) is 15.6 Å². The van der Waals surface area contributed by atoms with Crippen molar-refractivity contribution in [3.63, 3.8) is 0 Å². The van der Waals surface area contributed by atoms with Crippen molar-refractivity contribution in [3.05, 3.63) is 59.5 Å². The number of aryl methyl sites for hydroxylation is 1. The summed E-state index contributed by atoms with van der Waals surface area (Å²) >= 11 is 0. The SMILES string of the molecule is Cc1c(CN(C)C(=O)/C=C/c2cnc3c(c2)NC[C@@H](C)C(=O)N3)oc2ccccc12. The zero-order chi connectivity index (χ0) is 21.3. The summed E-state index contributed by atoms with van der Waals surface area (Å²) < 4.78 is 5.90. The number of fused-ring (bicyclic) bond motifs is 2. The Labute approximate surface area is 174 Å². The third kappa shape index (κ3) is 3.91. The topological polar surface area (TPSA) is 87.5 Å². The molecule has 2 aromatic heterocycles. The number of pyridine rings is 1. The molecule has 7 heteroatoms. The lowest BCUT2D eigenvalue weighted by Crippen LogP contribution is -2.24. The predicted molar refractivity (Wildman–Crippen MR) is 117 cm³/mol. The van der Waals surface area contributed by atoms with Crippen LogP contribution in [0.25, 0.3) is 17.0 Å². The normalized spacial score (nSPS) is 16.1. The Morgan fingerprint density at radius 2 is 2.17 bits per heavy atom. The maximum absolute atomic E-state index is 12.6. The van der Waals surface area contributed by atoms with Crippen molar-refractivity contribution < 1.29 is 14.0 Å². The molecule has 1 aromatic carbocycles. The van der Waals surface area contributed by atoms with Crippen LogP contribution in [0.3, 0.4) is 0 Å². The van der Waals surface area contributed by atoms with Gasteiger partial charge in [-0.15, -0.1) is 0 Å². The number of carbonyl (C=O) groups is 2. The molecule has 0 bridgehead atoms. The van der Waals surface area contributed by atoms with Gasteiger partial charge in [-0.3, -0.25) is 9.59 Å². The zero-order valence-electron chi connectivity index (χ0n) is 17.2. The van der Waals surface area contributed by atoms with E-state index in [0.29, 0.717) is 18.9 Å². The summed E-state index contributed by atoms with van der Waals surface area (Å²) in [4.78, 5) is 30.4. The van der Waals surface area contributed by atoms with Gasteiger partial charge in [0.2, 0.25) is 11.8 Å². The van der Waals surface area contributed by atoms with E-state index in [0.717, 1.165) is 33.5 Å². The summed E-state index contributed by atoms with van der Waals surface area (Å²) in [5.74, 6) is 0.941. The van der Waals surface area contributed by atoms with Gasteiger partial charge in [0.05, 0.1) is 18.2 Å². The molecule has 30 heavy (non-hydrogen) atoms. The molecule has 1 aliphatic rings. The number of nitrogens with zero attached hydrogens (tertiary/aromatic N) is 2. The average Bonchev–Trinajstić information content (AvgIpc) is 2.98. The molecule has 1 aliphatic heterocycles. The zero-order valence-corrected chi connectivity index (χ0v) is 17.2. The van der Waals surface area contributed by atoms with Crippen molar-refractivity contribution in [2.24, 2.45) is 5.92 Å². The van der Waals surface area contributed by atoms with Crippen molar-refractivity contribution in [2.75, 3.05) is 24.2 Å². The van der Waals surface area contributed by atoms with E-state index < -0.39 is 0 Å². The predicted octanol–water partition coefficient (Wildman–Crippen LogP) is 3.81. The second-order valence-electron chi connectivity index (χ2n) is 7.61. The van der Waals surface area contributed by atoms with Crippen LogP contribution in [-0.4, -0.2) is 35.3 Å².